The van der Waals surface area contributed by atoms with Gasteiger partial charge in [0.1, 0.15) is 10.7 Å². The van der Waals surface area contributed by atoms with Crippen LogP contribution >= 0.6 is 11.5 Å². The third-order valence-corrected chi connectivity index (χ3v) is 3.64. The van der Waals surface area contributed by atoms with E-state index in [1.165, 1.54) is 6.20 Å². The molecule has 2 heterocycles. The molecule has 92 valence electrons. The summed E-state index contributed by atoms with van der Waals surface area (Å²) in [6, 6.07) is 0.0517. The van der Waals surface area contributed by atoms with Crippen LogP contribution in [0.15, 0.2) is 6.20 Å². The zero-order valence-electron chi connectivity index (χ0n) is 9.76. The highest BCUT2D eigenvalue weighted by Gasteiger charge is 2.29. The second kappa shape index (κ2) is 5.35. The Morgan fingerprint density at radius 2 is 2.35 bits per heavy atom. The minimum absolute atomic E-state index is 0.0362. The van der Waals surface area contributed by atoms with Crippen molar-refractivity contribution < 1.29 is 9.59 Å². The molecule has 1 atom stereocenters. The van der Waals surface area contributed by atoms with E-state index in [1.54, 1.807) is 11.8 Å². The molecule has 6 heteroatoms. The summed E-state index contributed by atoms with van der Waals surface area (Å²) in [6.45, 7) is 2.31. The van der Waals surface area contributed by atoms with E-state index in [0.29, 0.717) is 11.3 Å². The molecular weight excluding hydrogens is 238 g/mol. The Hall–Kier alpha value is -1.30. The van der Waals surface area contributed by atoms with E-state index in [1.807, 2.05) is 0 Å². The SMILES string of the molecule is CC(=O)CC1CCCCN1C(=O)c1cnns1. The van der Waals surface area contributed by atoms with Crippen LogP contribution in [-0.4, -0.2) is 38.8 Å². The Kier molecular flexibility index (Phi) is 3.83. The van der Waals surface area contributed by atoms with Gasteiger partial charge in [-0.15, -0.1) is 5.10 Å². The van der Waals surface area contributed by atoms with E-state index < -0.39 is 0 Å². The monoisotopic (exact) mass is 253 g/mol. The molecule has 0 bridgehead atoms. The van der Waals surface area contributed by atoms with E-state index in [9.17, 15) is 9.59 Å². The van der Waals surface area contributed by atoms with Crippen LogP contribution in [0.3, 0.4) is 0 Å². The van der Waals surface area contributed by atoms with Crippen LogP contribution in [0.1, 0.15) is 42.3 Å². The molecule has 1 unspecified atom stereocenters. The molecule has 0 spiro atoms. The first-order valence-electron chi connectivity index (χ1n) is 5.76. The summed E-state index contributed by atoms with van der Waals surface area (Å²) in [6.07, 6.45) is 4.96. The molecule has 0 radical (unpaired) electrons. The van der Waals surface area contributed by atoms with Gasteiger partial charge in [-0.05, 0) is 37.7 Å². The lowest BCUT2D eigenvalue weighted by atomic mass is 9.97. The highest BCUT2D eigenvalue weighted by atomic mass is 32.1. The van der Waals surface area contributed by atoms with Gasteiger partial charge >= 0.3 is 0 Å². The number of aromatic nitrogens is 2. The number of nitrogens with zero attached hydrogens (tertiary/aromatic N) is 3. The third-order valence-electron chi connectivity index (χ3n) is 2.98. The van der Waals surface area contributed by atoms with E-state index in [-0.39, 0.29) is 17.7 Å². The maximum absolute atomic E-state index is 12.2. The molecule has 17 heavy (non-hydrogen) atoms. The van der Waals surface area contributed by atoms with Crippen molar-refractivity contribution in [2.24, 2.45) is 0 Å². The van der Waals surface area contributed by atoms with Gasteiger partial charge in [-0.2, -0.15) is 0 Å². The summed E-state index contributed by atoms with van der Waals surface area (Å²) in [7, 11) is 0. The number of carbonyl (C=O) groups is 2. The van der Waals surface area contributed by atoms with Crippen molar-refractivity contribution in [2.45, 2.75) is 38.6 Å². The van der Waals surface area contributed by atoms with Crippen LogP contribution in [0, 0.1) is 0 Å². The smallest absolute Gasteiger partial charge is 0.267 e. The van der Waals surface area contributed by atoms with Crippen molar-refractivity contribution in [3.63, 3.8) is 0 Å². The number of ketones is 1. The largest absolute Gasteiger partial charge is 0.334 e. The molecule has 0 saturated carbocycles. The highest BCUT2D eigenvalue weighted by Crippen LogP contribution is 2.22. The lowest BCUT2D eigenvalue weighted by molar-refractivity contribution is -0.118. The van der Waals surface area contributed by atoms with Crippen LogP contribution in [0.5, 0.6) is 0 Å². The maximum atomic E-state index is 12.2. The number of Topliss-reactive ketones (excluding diaryl/α,β-unsaturated/α-hetero) is 1. The molecule has 0 aromatic carbocycles. The van der Waals surface area contributed by atoms with Gasteiger partial charge in [0.15, 0.2) is 0 Å². The van der Waals surface area contributed by atoms with Crippen molar-refractivity contribution in [3.8, 4) is 0 Å². The quantitative estimate of drug-likeness (QED) is 0.819. The fraction of sp³-hybridized carbons (Fsp3) is 0.636. The Labute approximate surface area is 104 Å². The van der Waals surface area contributed by atoms with Crippen molar-refractivity contribution in [3.05, 3.63) is 11.1 Å². The average Bonchev–Trinajstić information content (AvgIpc) is 2.81. The van der Waals surface area contributed by atoms with Crippen LogP contribution < -0.4 is 0 Å². The zero-order valence-corrected chi connectivity index (χ0v) is 10.6. The fourth-order valence-corrected chi connectivity index (χ4v) is 2.69. The van der Waals surface area contributed by atoms with Crippen molar-refractivity contribution in [1.82, 2.24) is 14.5 Å². The summed E-state index contributed by atoms with van der Waals surface area (Å²) in [4.78, 5) is 25.8. The molecule has 1 aromatic rings. The molecule has 1 aliphatic heterocycles. The first kappa shape index (κ1) is 12.2. The molecule has 1 amide bonds. The molecule has 1 aliphatic rings. The predicted molar refractivity (Wildman–Crippen MR) is 63.9 cm³/mol. The number of amides is 1. The summed E-state index contributed by atoms with van der Waals surface area (Å²) in [5.74, 6) is 0.100. The lowest BCUT2D eigenvalue weighted by Crippen LogP contribution is -2.44. The molecule has 1 saturated heterocycles. The standard InChI is InChI=1S/C11H15N3O2S/c1-8(15)6-9-4-2-3-5-14(9)11(16)10-7-12-13-17-10/h7,9H,2-6H2,1H3. The van der Waals surface area contributed by atoms with Gasteiger partial charge in [0, 0.05) is 19.0 Å². The molecule has 0 aliphatic carbocycles. The van der Waals surface area contributed by atoms with Crippen LogP contribution in [-0.2, 0) is 4.79 Å². The normalized spacial score (nSPS) is 20.3. The third kappa shape index (κ3) is 2.88. The second-order valence-electron chi connectivity index (χ2n) is 4.34. The van der Waals surface area contributed by atoms with E-state index in [4.69, 9.17) is 0 Å². The van der Waals surface area contributed by atoms with Crippen molar-refractivity contribution in [2.75, 3.05) is 6.54 Å². The van der Waals surface area contributed by atoms with Crippen LogP contribution in [0.4, 0.5) is 0 Å². The Balaban J connectivity index is 2.10. The molecular formula is C11H15N3O2S. The van der Waals surface area contributed by atoms with E-state index >= 15 is 0 Å². The van der Waals surface area contributed by atoms with E-state index in [2.05, 4.69) is 9.59 Å². The van der Waals surface area contributed by atoms with Gasteiger partial charge < -0.3 is 4.90 Å². The zero-order chi connectivity index (χ0) is 12.3. The number of hydrogen-bond acceptors (Lipinski definition) is 5. The van der Waals surface area contributed by atoms with Crippen molar-refractivity contribution in [1.29, 1.82) is 0 Å². The van der Waals surface area contributed by atoms with Gasteiger partial charge in [-0.3, -0.25) is 9.59 Å². The summed E-state index contributed by atoms with van der Waals surface area (Å²) in [5.41, 5.74) is 0. The van der Waals surface area contributed by atoms with Gasteiger partial charge in [-0.25, -0.2) is 0 Å². The Morgan fingerprint density at radius 3 is 3.00 bits per heavy atom. The molecule has 5 nitrogen and oxygen atoms in total. The van der Waals surface area contributed by atoms with E-state index in [0.717, 1.165) is 37.3 Å². The van der Waals surface area contributed by atoms with Gasteiger partial charge in [0.05, 0.1) is 6.20 Å². The Morgan fingerprint density at radius 1 is 1.53 bits per heavy atom. The minimum atomic E-state index is -0.0362. The number of carbonyl (C=O) groups excluding carboxylic acids is 2. The van der Waals surface area contributed by atoms with Gasteiger partial charge in [0.2, 0.25) is 0 Å². The summed E-state index contributed by atoms with van der Waals surface area (Å²) < 4.78 is 3.70. The molecule has 1 fully saturated rings. The first-order chi connectivity index (χ1) is 8.18. The maximum Gasteiger partial charge on any atom is 0.267 e. The van der Waals surface area contributed by atoms with Crippen LogP contribution in [0.2, 0.25) is 0 Å². The molecule has 1 aromatic heterocycles. The average molecular weight is 253 g/mol. The summed E-state index contributed by atoms with van der Waals surface area (Å²) in [5, 5.41) is 3.68. The number of rotatable bonds is 3. The topological polar surface area (TPSA) is 63.2 Å². The van der Waals surface area contributed by atoms with Gasteiger partial charge in [-0.1, -0.05) is 4.49 Å². The fourth-order valence-electron chi connectivity index (χ4n) is 2.21. The highest BCUT2D eigenvalue weighted by molar-refractivity contribution is 7.07. The summed E-state index contributed by atoms with van der Waals surface area (Å²) >= 11 is 1.11. The van der Waals surface area contributed by atoms with Gasteiger partial charge in [0.25, 0.3) is 5.91 Å². The number of piperidine rings is 1. The molecule has 0 N–H and O–H groups in total. The number of hydrogen-bond donors (Lipinski definition) is 0. The van der Waals surface area contributed by atoms with Crippen molar-refractivity contribution >= 4 is 23.2 Å². The number of likely N-dealkylation sites (tertiary alicyclic amines) is 1. The predicted octanol–water partition coefficient (Wildman–Crippen LogP) is 1.51. The van der Waals surface area contributed by atoms with Crippen LogP contribution in [0.25, 0.3) is 0 Å². The minimum Gasteiger partial charge on any atom is -0.334 e. The first-order valence-corrected chi connectivity index (χ1v) is 6.53. The Bertz CT molecular complexity index is 405. The molecule has 2 rings (SSSR count). The lowest BCUT2D eigenvalue weighted by Gasteiger charge is -2.34. The second-order valence-corrected chi connectivity index (χ2v) is 5.12.